The number of nitrogens with zero attached hydrogens (tertiary/aromatic N) is 4. The molecular formula is C19H27IN6O. The average Bonchev–Trinajstić information content (AvgIpc) is 2.67. The number of methoxy groups -OCH3 is 1. The molecule has 0 saturated carbocycles. The van der Waals surface area contributed by atoms with Gasteiger partial charge in [0, 0.05) is 44.1 Å². The molecule has 0 unspecified atom stereocenters. The first-order valence-electron chi connectivity index (χ1n) is 8.73. The first-order chi connectivity index (χ1) is 12.6. The number of benzene rings is 1. The molecule has 7 nitrogen and oxygen atoms in total. The van der Waals surface area contributed by atoms with E-state index in [0.717, 1.165) is 49.0 Å². The van der Waals surface area contributed by atoms with Gasteiger partial charge in [-0.25, -0.2) is 9.98 Å². The monoisotopic (exact) mass is 482 g/mol. The van der Waals surface area contributed by atoms with E-state index in [-0.39, 0.29) is 24.0 Å². The number of ether oxygens (including phenoxy) is 1. The minimum atomic E-state index is 0. The number of aromatic nitrogens is 1. The van der Waals surface area contributed by atoms with Crippen LogP contribution in [0.3, 0.4) is 0 Å². The number of piperazine rings is 1. The average molecular weight is 482 g/mol. The van der Waals surface area contributed by atoms with Crippen molar-refractivity contribution in [3.05, 3.63) is 48.2 Å². The summed E-state index contributed by atoms with van der Waals surface area (Å²) in [5.41, 5.74) is 7.94. The zero-order valence-corrected chi connectivity index (χ0v) is 18.1. The number of hydrogen-bond acceptors (Lipinski definition) is 5. The van der Waals surface area contributed by atoms with E-state index in [0.29, 0.717) is 12.5 Å². The van der Waals surface area contributed by atoms with Gasteiger partial charge in [0.2, 0.25) is 0 Å². The molecule has 1 saturated heterocycles. The van der Waals surface area contributed by atoms with E-state index >= 15 is 0 Å². The van der Waals surface area contributed by atoms with Crippen LogP contribution in [0.5, 0.6) is 5.75 Å². The van der Waals surface area contributed by atoms with Crippen molar-refractivity contribution in [1.82, 2.24) is 9.88 Å². The highest BCUT2D eigenvalue weighted by Crippen LogP contribution is 2.17. The van der Waals surface area contributed by atoms with Gasteiger partial charge < -0.3 is 25.6 Å². The van der Waals surface area contributed by atoms with Crippen LogP contribution in [-0.4, -0.2) is 56.2 Å². The molecule has 1 aromatic carbocycles. The summed E-state index contributed by atoms with van der Waals surface area (Å²) in [6.45, 7) is 4.61. The van der Waals surface area contributed by atoms with Crippen molar-refractivity contribution in [2.75, 3.05) is 50.6 Å². The van der Waals surface area contributed by atoms with Gasteiger partial charge in [-0.1, -0.05) is 6.07 Å². The Morgan fingerprint density at radius 2 is 2.00 bits per heavy atom. The Morgan fingerprint density at radius 1 is 1.22 bits per heavy atom. The Kier molecular flexibility index (Phi) is 8.11. The third-order valence-electron chi connectivity index (χ3n) is 4.41. The molecule has 3 rings (SSSR count). The molecule has 8 heteroatoms. The first kappa shape index (κ1) is 21.2. The Balaban J connectivity index is 0.00000261. The van der Waals surface area contributed by atoms with Gasteiger partial charge in [0.15, 0.2) is 5.96 Å². The number of rotatable bonds is 5. The third-order valence-corrected chi connectivity index (χ3v) is 4.41. The van der Waals surface area contributed by atoms with Crippen LogP contribution < -0.4 is 20.7 Å². The van der Waals surface area contributed by atoms with Gasteiger partial charge in [0.25, 0.3) is 0 Å². The fourth-order valence-electron chi connectivity index (χ4n) is 2.83. The van der Waals surface area contributed by atoms with Crippen molar-refractivity contribution in [2.45, 2.75) is 6.54 Å². The van der Waals surface area contributed by atoms with Gasteiger partial charge in [-0.3, -0.25) is 0 Å². The highest BCUT2D eigenvalue weighted by molar-refractivity contribution is 14.0. The third kappa shape index (κ3) is 6.24. The summed E-state index contributed by atoms with van der Waals surface area (Å²) in [6, 6.07) is 11.6. The molecule has 0 amide bonds. The number of guanidine groups is 1. The number of aliphatic imine (C=N–C) groups is 1. The van der Waals surface area contributed by atoms with Gasteiger partial charge in [-0.2, -0.15) is 0 Å². The van der Waals surface area contributed by atoms with Crippen LogP contribution in [0.1, 0.15) is 5.56 Å². The van der Waals surface area contributed by atoms with E-state index in [9.17, 15) is 0 Å². The van der Waals surface area contributed by atoms with E-state index in [4.69, 9.17) is 10.5 Å². The number of likely N-dealkylation sites (N-methyl/N-ethyl adjacent to an activating group) is 1. The van der Waals surface area contributed by atoms with Crippen molar-refractivity contribution in [2.24, 2.45) is 10.7 Å². The van der Waals surface area contributed by atoms with Gasteiger partial charge in [0.05, 0.1) is 13.7 Å². The maximum absolute atomic E-state index is 6.01. The molecule has 0 atom stereocenters. The molecule has 0 aliphatic carbocycles. The van der Waals surface area contributed by atoms with E-state index in [2.05, 4.69) is 38.2 Å². The van der Waals surface area contributed by atoms with Crippen molar-refractivity contribution in [3.63, 3.8) is 0 Å². The highest BCUT2D eigenvalue weighted by atomic mass is 127. The summed E-state index contributed by atoms with van der Waals surface area (Å²) in [5.74, 6) is 2.15. The van der Waals surface area contributed by atoms with E-state index in [1.54, 1.807) is 7.11 Å². The predicted molar refractivity (Wildman–Crippen MR) is 121 cm³/mol. The largest absolute Gasteiger partial charge is 0.497 e. The van der Waals surface area contributed by atoms with Gasteiger partial charge in [0.1, 0.15) is 11.6 Å². The van der Waals surface area contributed by atoms with Crippen molar-refractivity contribution < 1.29 is 4.74 Å². The second-order valence-corrected chi connectivity index (χ2v) is 6.37. The van der Waals surface area contributed by atoms with Crippen LogP contribution >= 0.6 is 24.0 Å². The number of nitrogens with one attached hydrogen (secondary N) is 1. The molecule has 0 radical (unpaired) electrons. The summed E-state index contributed by atoms with van der Waals surface area (Å²) in [4.78, 5) is 13.6. The summed E-state index contributed by atoms with van der Waals surface area (Å²) >= 11 is 0. The van der Waals surface area contributed by atoms with E-state index < -0.39 is 0 Å². The van der Waals surface area contributed by atoms with E-state index in [1.807, 2.05) is 36.5 Å². The standard InChI is InChI=1S/C19H26N6O.HI/c1-24-8-10-25(11-9-24)18-12-15(6-7-21-18)14-22-19(20)23-16-4-3-5-17(13-16)26-2;/h3-7,12-13H,8-11,14H2,1-2H3,(H3,20,22,23);1H. The molecule has 1 fully saturated rings. The molecule has 27 heavy (non-hydrogen) atoms. The molecule has 2 aromatic rings. The van der Waals surface area contributed by atoms with Gasteiger partial charge in [-0.15, -0.1) is 24.0 Å². The molecular weight excluding hydrogens is 455 g/mol. The number of halogens is 1. The maximum Gasteiger partial charge on any atom is 0.193 e. The molecule has 1 aromatic heterocycles. The Morgan fingerprint density at radius 3 is 2.74 bits per heavy atom. The normalized spacial score (nSPS) is 15.2. The number of anilines is 2. The minimum absolute atomic E-state index is 0. The zero-order valence-electron chi connectivity index (χ0n) is 15.8. The first-order valence-corrected chi connectivity index (χ1v) is 8.73. The van der Waals surface area contributed by atoms with Crippen LogP contribution in [0, 0.1) is 0 Å². The molecule has 1 aliphatic rings. The van der Waals surface area contributed by atoms with Gasteiger partial charge in [-0.05, 0) is 36.9 Å². The highest BCUT2D eigenvalue weighted by Gasteiger charge is 2.15. The lowest BCUT2D eigenvalue weighted by molar-refractivity contribution is 0.312. The maximum atomic E-state index is 6.01. The molecule has 3 N–H and O–H groups in total. The lowest BCUT2D eigenvalue weighted by Crippen LogP contribution is -2.44. The zero-order chi connectivity index (χ0) is 18.4. The second kappa shape index (κ2) is 10.3. The number of nitrogens with two attached hydrogens (primary N) is 1. The lowest BCUT2D eigenvalue weighted by atomic mass is 10.2. The lowest BCUT2D eigenvalue weighted by Gasteiger charge is -2.33. The predicted octanol–water partition coefficient (Wildman–Crippen LogP) is 2.39. The van der Waals surface area contributed by atoms with Crippen LogP contribution in [-0.2, 0) is 6.54 Å². The fourth-order valence-corrected chi connectivity index (χ4v) is 2.83. The molecule has 0 spiro atoms. The quantitative estimate of drug-likeness (QED) is 0.387. The van der Waals surface area contributed by atoms with Crippen LogP contribution in [0.15, 0.2) is 47.6 Å². The van der Waals surface area contributed by atoms with Gasteiger partial charge >= 0.3 is 0 Å². The van der Waals surface area contributed by atoms with Crippen molar-refractivity contribution in [1.29, 1.82) is 0 Å². The molecule has 146 valence electrons. The topological polar surface area (TPSA) is 79.0 Å². The fraction of sp³-hybridized carbons (Fsp3) is 0.368. The summed E-state index contributed by atoms with van der Waals surface area (Å²) in [5, 5.41) is 3.09. The summed E-state index contributed by atoms with van der Waals surface area (Å²) < 4.78 is 5.21. The molecule has 2 heterocycles. The number of pyridine rings is 1. The van der Waals surface area contributed by atoms with Crippen LogP contribution in [0.25, 0.3) is 0 Å². The van der Waals surface area contributed by atoms with E-state index in [1.165, 1.54) is 0 Å². The Bertz CT molecular complexity index is 761. The van der Waals surface area contributed by atoms with Crippen LogP contribution in [0.4, 0.5) is 11.5 Å². The van der Waals surface area contributed by atoms with Crippen molar-refractivity contribution in [3.8, 4) is 5.75 Å². The Hall–Kier alpha value is -2.07. The minimum Gasteiger partial charge on any atom is -0.497 e. The second-order valence-electron chi connectivity index (χ2n) is 6.37. The molecule has 1 aliphatic heterocycles. The van der Waals surface area contributed by atoms with Crippen molar-refractivity contribution >= 4 is 41.4 Å². The number of hydrogen-bond donors (Lipinski definition) is 2. The summed E-state index contributed by atoms with van der Waals surface area (Å²) in [6.07, 6.45) is 1.84. The Labute approximate surface area is 177 Å². The SMILES string of the molecule is COc1cccc(NC(N)=NCc2ccnc(N3CCN(C)CC3)c2)c1.I. The molecule has 0 bridgehead atoms. The van der Waals surface area contributed by atoms with Crippen LogP contribution in [0.2, 0.25) is 0 Å². The smallest absolute Gasteiger partial charge is 0.193 e. The summed E-state index contributed by atoms with van der Waals surface area (Å²) in [7, 11) is 3.78.